The summed E-state index contributed by atoms with van der Waals surface area (Å²) in [6.45, 7) is 0. The maximum atomic E-state index is 13.0. The molecule has 26 heavy (non-hydrogen) atoms. The van der Waals surface area contributed by atoms with Crippen molar-refractivity contribution in [2.75, 3.05) is 6.26 Å². The topological polar surface area (TPSA) is 81.1 Å². The minimum Gasteiger partial charge on any atom is -0.266 e. The van der Waals surface area contributed by atoms with Crippen LogP contribution < -0.4 is 4.72 Å². The molecule has 0 unspecified atom stereocenters. The number of nitrogens with one attached hydrogen (secondary N) is 1. The molecule has 1 aliphatic carbocycles. The Balaban J connectivity index is 2.13. The molecule has 0 fully saturated rings. The van der Waals surface area contributed by atoms with E-state index in [1.807, 2.05) is 4.72 Å². The van der Waals surface area contributed by atoms with E-state index in [9.17, 15) is 26.4 Å². The fourth-order valence-electron chi connectivity index (χ4n) is 2.89. The summed E-state index contributed by atoms with van der Waals surface area (Å²) in [7, 11) is -3.80. The SMILES string of the molecule is CS(=O)(=O)NC(=O)c1nn(-c2cc(C(F)(F)F)ccc2Cl)c2c1CCC2. The number of hydrogen-bond donors (Lipinski definition) is 1. The Morgan fingerprint density at radius 2 is 2.00 bits per heavy atom. The van der Waals surface area contributed by atoms with Crippen molar-refractivity contribution >= 4 is 27.5 Å². The maximum absolute atomic E-state index is 13.0. The predicted octanol–water partition coefficient (Wildman–Crippen LogP) is 2.72. The zero-order valence-electron chi connectivity index (χ0n) is 13.4. The van der Waals surface area contributed by atoms with Gasteiger partial charge in [-0.1, -0.05) is 11.6 Å². The van der Waals surface area contributed by atoms with E-state index >= 15 is 0 Å². The van der Waals surface area contributed by atoms with Crippen LogP contribution in [0.1, 0.15) is 33.7 Å². The molecular formula is C15H13ClF3N3O3S. The molecule has 6 nitrogen and oxygen atoms in total. The first kappa shape index (κ1) is 18.7. The van der Waals surface area contributed by atoms with Crippen LogP contribution >= 0.6 is 11.6 Å². The van der Waals surface area contributed by atoms with Gasteiger partial charge in [0.05, 0.1) is 22.5 Å². The van der Waals surface area contributed by atoms with Gasteiger partial charge in [0, 0.05) is 11.3 Å². The van der Waals surface area contributed by atoms with E-state index in [1.165, 1.54) is 4.68 Å². The number of sulfonamides is 1. The molecule has 1 aliphatic rings. The number of benzene rings is 1. The monoisotopic (exact) mass is 407 g/mol. The van der Waals surface area contributed by atoms with Gasteiger partial charge in [0.25, 0.3) is 5.91 Å². The lowest BCUT2D eigenvalue weighted by molar-refractivity contribution is -0.137. The van der Waals surface area contributed by atoms with E-state index in [-0.39, 0.29) is 16.4 Å². The van der Waals surface area contributed by atoms with Crippen molar-refractivity contribution in [2.24, 2.45) is 0 Å². The first-order valence-electron chi connectivity index (χ1n) is 7.47. The number of amides is 1. The van der Waals surface area contributed by atoms with Crippen LogP contribution in [0, 0.1) is 0 Å². The summed E-state index contributed by atoms with van der Waals surface area (Å²) in [6, 6.07) is 2.82. The van der Waals surface area contributed by atoms with Gasteiger partial charge in [0.2, 0.25) is 10.0 Å². The highest BCUT2D eigenvalue weighted by Gasteiger charge is 2.33. The fourth-order valence-corrected chi connectivity index (χ4v) is 3.52. The number of aromatic nitrogens is 2. The summed E-state index contributed by atoms with van der Waals surface area (Å²) < 4.78 is 64.6. The smallest absolute Gasteiger partial charge is 0.266 e. The van der Waals surface area contributed by atoms with E-state index in [0.29, 0.717) is 30.5 Å². The largest absolute Gasteiger partial charge is 0.416 e. The zero-order valence-corrected chi connectivity index (χ0v) is 15.0. The molecule has 3 rings (SSSR count). The van der Waals surface area contributed by atoms with E-state index < -0.39 is 27.7 Å². The van der Waals surface area contributed by atoms with Gasteiger partial charge in [-0.25, -0.2) is 17.8 Å². The molecular weight excluding hydrogens is 395 g/mol. The van der Waals surface area contributed by atoms with Crippen LogP contribution in [0.5, 0.6) is 0 Å². The lowest BCUT2D eigenvalue weighted by Crippen LogP contribution is -2.30. The molecule has 0 bridgehead atoms. The van der Waals surface area contributed by atoms with Crippen LogP contribution in [0.2, 0.25) is 5.02 Å². The number of alkyl halides is 3. The van der Waals surface area contributed by atoms with Gasteiger partial charge in [-0.05, 0) is 37.5 Å². The van der Waals surface area contributed by atoms with E-state index in [2.05, 4.69) is 5.10 Å². The summed E-state index contributed by atoms with van der Waals surface area (Å²) in [5, 5.41) is 4.09. The Morgan fingerprint density at radius 3 is 2.62 bits per heavy atom. The van der Waals surface area contributed by atoms with Crippen LogP contribution in [-0.2, 0) is 29.0 Å². The molecule has 2 aromatic rings. The number of nitrogens with zero attached hydrogens (tertiary/aromatic N) is 2. The van der Waals surface area contributed by atoms with Crippen molar-refractivity contribution in [3.8, 4) is 5.69 Å². The average molecular weight is 408 g/mol. The Morgan fingerprint density at radius 1 is 1.31 bits per heavy atom. The highest BCUT2D eigenvalue weighted by Crippen LogP contribution is 2.35. The normalized spacial score (nSPS) is 14.3. The Bertz CT molecular complexity index is 1000. The number of fused-ring (bicyclic) bond motifs is 1. The lowest BCUT2D eigenvalue weighted by atomic mass is 10.2. The second-order valence-electron chi connectivity index (χ2n) is 5.91. The van der Waals surface area contributed by atoms with Crippen molar-refractivity contribution in [2.45, 2.75) is 25.4 Å². The van der Waals surface area contributed by atoms with Gasteiger partial charge in [0.1, 0.15) is 0 Å². The van der Waals surface area contributed by atoms with Crippen LogP contribution in [-0.4, -0.2) is 30.4 Å². The molecule has 140 valence electrons. The van der Waals surface area contributed by atoms with Crippen molar-refractivity contribution in [3.05, 3.63) is 45.7 Å². The fraction of sp³-hybridized carbons (Fsp3) is 0.333. The zero-order chi connectivity index (χ0) is 19.3. The second-order valence-corrected chi connectivity index (χ2v) is 8.06. The van der Waals surface area contributed by atoms with Gasteiger partial charge < -0.3 is 0 Å². The first-order valence-corrected chi connectivity index (χ1v) is 9.74. The highest BCUT2D eigenvalue weighted by molar-refractivity contribution is 7.89. The third kappa shape index (κ3) is 3.56. The van der Waals surface area contributed by atoms with Crippen molar-refractivity contribution in [1.29, 1.82) is 0 Å². The molecule has 0 atom stereocenters. The second kappa shape index (κ2) is 6.27. The predicted molar refractivity (Wildman–Crippen MR) is 87.9 cm³/mol. The minimum atomic E-state index is -4.56. The molecule has 0 saturated heterocycles. The van der Waals surface area contributed by atoms with Crippen molar-refractivity contribution in [3.63, 3.8) is 0 Å². The molecule has 11 heteroatoms. The van der Waals surface area contributed by atoms with E-state index in [4.69, 9.17) is 11.6 Å². The number of halogens is 4. The van der Waals surface area contributed by atoms with E-state index in [1.54, 1.807) is 0 Å². The van der Waals surface area contributed by atoms with Gasteiger partial charge in [-0.15, -0.1) is 0 Å². The van der Waals surface area contributed by atoms with Crippen LogP contribution in [0.3, 0.4) is 0 Å². The molecule has 0 aliphatic heterocycles. The number of carbonyl (C=O) groups is 1. The summed E-state index contributed by atoms with van der Waals surface area (Å²) >= 11 is 6.05. The number of carbonyl (C=O) groups excluding carboxylic acids is 1. The van der Waals surface area contributed by atoms with Crippen molar-refractivity contribution in [1.82, 2.24) is 14.5 Å². The molecule has 0 saturated carbocycles. The molecule has 0 spiro atoms. The first-order chi connectivity index (χ1) is 12.0. The summed E-state index contributed by atoms with van der Waals surface area (Å²) in [4.78, 5) is 12.2. The molecule has 1 amide bonds. The maximum Gasteiger partial charge on any atom is 0.416 e. The summed E-state index contributed by atoms with van der Waals surface area (Å²) in [5.74, 6) is -0.924. The Hall–Kier alpha value is -2.07. The molecule has 1 heterocycles. The molecule has 1 aromatic heterocycles. The third-order valence-electron chi connectivity index (χ3n) is 3.93. The highest BCUT2D eigenvalue weighted by atomic mass is 35.5. The van der Waals surface area contributed by atoms with Crippen LogP contribution in [0.15, 0.2) is 18.2 Å². The lowest BCUT2D eigenvalue weighted by Gasteiger charge is -2.12. The van der Waals surface area contributed by atoms with Gasteiger partial charge in [-0.2, -0.15) is 18.3 Å². The van der Waals surface area contributed by atoms with Crippen LogP contribution in [0.4, 0.5) is 13.2 Å². The molecule has 1 aromatic carbocycles. The summed E-state index contributed by atoms with van der Waals surface area (Å²) in [6.07, 6.45) is -2.11. The van der Waals surface area contributed by atoms with Gasteiger partial charge in [0.15, 0.2) is 5.69 Å². The average Bonchev–Trinajstić information content (AvgIpc) is 3.06. The number of rotatable bonds is 3. The molecule has 0 radical (unpaired) electrons. The van der Waals surface area contributed by atoms with Gasteiger partial charge >= 0.3 is 6.18 Å². The standard InChI is InChI=1S/C15H13ClF3N3O3S/c1-26(24,25)21-14(23)13-9-3-2-4-11(9)22(20-13)12-7-8(15(17,18)19)5-6-10(12)16/h5-7H,2-4H2,1H3,(H,21,23). The van der Waals surface area contributed by atoms with Crippen molar-refractivity contribution < 1.29 is 26.4 Å². The van der Waals surface area contributed by atoms with E-state index in [0.717, 1.165) is 24.5 Å². The third-order valence-corrected chi connectivity index (χ3v) is 4.80. The number of hydrogen-bond acceptors (Lipinski definition) is 4. The quantitative estimate of drug-likeness (QED) is 0.848. The Kier molecular flexibility index (Phi) is 4.51. The molecule has 1 N–H and O–H groups in total. The Labute approximate surface area is 152 Å². The minimum absolute atomic E-state index is 0.0157. The van der Waals surface area contributed by atoms with Crippen LogP contribution in [0.25, 0.3) is 5.69 Å². The summed E-state index contributed by atoms with van der Waals surface area (Å²) in [5.41, 5.74) is 0.0141. The van der Waals surface area contributed by atoms with Gasteiger partial charge in [-0.3, -0.25) is 4.79 Å².